The Morgan fingerprint density at radius 1 is 1.54 bits per heavy atom. The van der Waals surface area contributed by atoms with Gasteiger partial charge in [-0.25, -0.2) is 4.79 Å². The van der Waals surface area contributed by atoms with Crippen molar-refractivity contribution in [3.8, 4) is 0 Å². The molecular formula is C9H11NaO3. The van der Waals surface area contributed by atoms with Gasteiger partial charge in [0.25, 0.3) is 0 Å². The largest absolute Gasteiger partial charge is 1.00 e. The molecule has 0 spiro atoms. The fraction of sp³-hybridized carbons (Fsp3) is 0.222. The van der Waals surface area contributed by atoms with E-state index in [1.807, 2.05) is 19.1 Å². The van der Waals surface area contributed by atoms with E-state index in [1.54, 1.807) is 12.1 Å². The van der Waals surface area contributed by atoms with E-state index < -0.39 is 5.97 Å². The number of aryl methyl sites for hydroxylation is 1. The molecule has 0 fully saturated rings. The number of hydrogen-bond donors (Lipinski definition) is 1. The van der Waals surface area contributed by atoms with Gasteiger partial charge in [-0.1, -0.05) is 25.1 Å². The van der Waals surface area contributed by atoms with Crippen LogP contribution in [0, 0.1) is 0 Å². The van der Waals surface area contributed by atoms with E-state index in [9.17, 15) is 4.79 Å². The summed E-state index contributed by atoms with van der Waals surface area (Å²) in [7, 11) is 0. The van der Waals surface area contributed by atoms with Crippen molar-refractivity contribution in [3.05, 3.63) is 35.4 Å². The molecule has 1 aromatic rings. The number of rotatable bonds is 2. The Hall–Kier alpha value is -0.350. The molecule has 0 saturated heterocycles. The minimum atomic E-state index is -0.701. The van der Waals surface area contributed by atoms with Crippen molar-refractivity contribution in [2.24, 2.45) is 0 Å². The zero-order chi connectivity index (χ0) is 8.97. The molecule has 4 heteroatoms. The van der Waals surface area contributed by atoms with Gasteiger partial charge in [-0.05, 0) is 18.1 Å². The average molecular weight is 190 g/mol. The molecule has 0 heterocycles. The molecule has 1 rings (SSSR count). The van der Waals surface area contributed by atoms with Crippen LogP contribution in [-0.4, -0.2) is 11.2 Å². The first-order chi connectivity index (χ1) is 5.79. The monoisotopic (exact) mass is 190 g/mol. The Morgan fingerprint density at radius 3 is 2.69 bits per heavy atom. The van der Waals surface area contributed by atoms with Gasteiger partial charge in [0.05, 0.1) is 5.56 Å². The number of hydrogen-bond acceptors (Lipinski definition) is 3. The minimum absolute atomic E-state index is 0. The van der Waals surface area contributed by atoms with Crippen LogP contribution >= 0.6 is 0 Å². The Kier molecular flexibility index (Phi) is 5.99. The van der Waals surface area contributed by atoms with Crippen molar-refractivity contribution < 1.29 is 45.9 Å². The third-order valence-electron chi connectivity index (χ3n) is 1.70. The summed E-state index contributed by atoms with van der Waals surface area (Å²) in [6, 6.07) is 7.02. The molecule has 0 unspecified atom stereocenters. The summed E-state index contributed by atoms with van der Waals surface area (Å²) >= 11 is 0. The fourth-order valence-corrected chi connectivity index (χ4v) is 1.08. The van der Waals surface area contributed by atoms with E-state index in [4.69, 9.17) is 5.26 Å². The van der Waals surface area contributed by atoms with Gasteiger partial charge in [-0.15, -0.1) is 0 Å². The summed E-state index contributed by atoms with van der Waals surface area (Å²) in [6.07, 6.45) is 0.741. The smallest absolute Gasteiger partial charge is 1.00 e. The second kappa shape index (κ2) is 6.16. The fourth-order valence-electron chi connectivity index (χ4n) is 1.08. The maximum absolute atomic E-state index is 10.9. The molecule has 1 N–H and O–H groups in total. The summed E-state index contributed by atoms with van der Waals surface area (Å²) in [5.41, 5.74) is 1.29. The predicted molar refractivity (Wildman–Crippen MR) is 45.0 cm³/mol. The molecule has 13 heavy (non-hydrogen) atoms. The first-order valence-corrected chi connectivity index (χ1v) is 3.73. The second-order valence-corrected chi connectivity index (χ2v) is 2.39. The molecule has 0 amide bonds. The molecule has 0 aliphatic heterocycles. The standard InChI is InChI=1S/C9H10O3.Na.H/c1-2-7-5-3-4-6-8(7)9(10)12-11;;/h3-6,11H,2H2,1H3;;/q;+1;-1. The van der Waals surface area contributed by atoms with Gasteiger partial charge in [0, 0.05) is 0 Å². The summed E-state index contributed by atoms with van der Waals surface area (Å²) in [6.45, 7) is 1.93. The maximum Gasteiger partial charge on any atom is 1.00 e. The van der Waals surface area contributed by atoms with E-state index >= 15 is 0 Å². The Morgan fingerprint density at radius 2 is 2.15 bits per heavy atom. The van der Waals surface area contributed by atoms with Crippen LogP contribution in [0.25, 0.3) is 0 Å². The molecular weight excluding hydrogens is 179 g/mol. The Balaban J connectivity index is 0. The quantitative estimate of drug-likeness (QED) is 0.369. The first kappa shape index (κ1) is 12.7. The van der Waals surface area contributed by atoms with Crippen molar-refractivity contribution >= 4 is 5.97 Å². The van der Waals surface area contributed by atoms with Crippen molar-refractivity contribution in [1.82, 2.24) is 0 Å². The normalized spacial score (nSPS) is 8.77. The molecule has 0 aromatic heterocycles. The van der Waals surface area contributed by atoms with Gasteiger partial charge in [0.1, 0.15) is 0 Å². The summed E-state index contributed by atoms with van der Waals surface area (Å²) in [4.78, 5) is 14.6. The van der Waals surface area contributed by atoms with E-state index in [0.717, 1.165) is 12.0 Å². The van der Waals surface area contributed by atoms with Crippen LogP contribution in [0.1, 0.15) is 24.3 Å². The van der Waals surface area contributed by atoms with Crippen LogP contribution in [-0.2, 0) is 11.3 Å². The third-order valence-corrected chi connectivity index (χ3v) is 1.70. The van der Waals surface area contributed by atoms with Crippen molar-refractivity contribution in [1.29, 1.82) is 0 Å². The third kappa shape index (κ3) is 3.12. The van der Waals surface area contributed by atoms with E-state index in [-0.39, 0.29) is 31.0 Å². The first-order valence-electron chi connectivity index (χ1n) is 3.73. The van der Waals surface area contributed by atoms with E-state index in [0.29, 0.717) is 5.56 Å². The molecule has 0 aliphatic carbocycles. The zero-order valence-corrected chi connectivity index (χ0v) is 9.78. The minimum Gasteiger partial charge on any atom is -1.00 e. The topological polar surface area (TPSA) is 46.5 Å². The molecule has 66 valence electrons. The number of carbonyl (C=O) groups excluding carboxylic acids is 1. The predicted octanol–water partition coefficient (Wildman–Crippen LogP) is -1.00. The number of benzene rings is 1. The zero-order valence-electron chi connectivity index (χ0n) is 8.78. The number of carbonyl (C=O) groups is 1. The molecule has 3 nitrogen and oxygen atoms in total. The van der Waals surface area contributed by atoms with Crippen LogP contribution < -0.4 is 29.6 Å². The van der Waals surface area contributed by atoms with Gasteiger partial charge in [-0.3, -0.25) is 4.89 Å². The van der Waals surface area contributed by atoms with Gasteiger partial charge >= 0.3 is 35.5 Å². The molecule has 0 saturated carbocycles. The van der Waals surface area contributed by atoms with Gasteiger partial charge < -0.3 is 1.43 Å². The van der Waals surface area contributed by atoms with E-state index in [1.165, 1.54) is 0 Å². The van der Waals surface area contributed by atoms with E-state index in [2.05, 4.69) is 4.89 Å². The van der Waals surface area contributed by atoms with Crippen LogP contribution in [0.4, 0.5) is 0 Å². The van der Waals surface area contributed by atoms with Gasteiger partial charge in [0.2, 0.25) is 0 Å². The van der Waals surface area contributed by atoms with Gasteiger partial charge in [-0.2, -0.15) is 5.26 Å². The maximum atomic E-state index is 10.9. The Bertz CT molecular complexity index is 291. The average Bonchev–Trinajstić information content (AvgIpc) is 2.16. The van der Waals surface area contributed by atoms with Crippen molar-refractivity contribution in [2.45, 2.75) is 13.3 Å². The Labute approximate surface area is 100 Å². The van der Waals surface area contributed by atoms with Crippen LogP contribution in [0.15, 0.2) is 24.3 Å². The van der Waals surface area contributed by atoms with Crippen molar-refractivity contribution in [3.63, 3.8) is 0 Å². The van der Waals surface area contributed by atoms with Crippen LogP contribution in [0.3, 0.4) is 0 Å². The molecule has 0 radical (unpaired) electrons. The summed E-state index contributed by atoms with van der Waals surface area (Å²) < 4.78 is 0. The second-order valence-electron chi connectivity index (χ2n) is 2.39. The van der Waals surface area contributed by atoms with Crippen molar-refractivity contribution in [2.75, 3.05) is 0 Å². The summed E-state index contributed by atoms with van der Waals surface area (Å²) in [5, 5.41) is 8.16. The summed E-state index contributed by atoms with van der Waals surface area (Å²) in [5.74, 6) is -0.701. The molecule has 0 aliphatic rings. The van der Waals surface area contributed by atoms with Gasteiger partial charge in [0.15, 0.2) is 0 Å². The molecule has 1 aromatic carbocycles. The molecule has 0 bridgehead atoms. The van der Waals surface area contributed by atoms with Crippen LogP contribution in [0.5, 0.6) is 0 Å². The molecule has 0 atom stereocenters. The van der Waals surface area contributed by atoms with Crippen LogP contribution in [0.2, 0.25) is 0 Å². The SMILES string of the molecule is CCc1ccccc1C(=O)OO.[H-].[Na+].